The van der Waals surface area contributed by atoms with Crippen LogP contribution in [0, 0.1) is 11.8 Å². The largest absolute Gasteiger partial charge is 0.353 e. The highest BCUT2D eigenvalue weighted by molar-refractivity contribution is 5.98. The van der Waals surface area contributed by atoms with Gasteiger partial charge in [-0.25, -0.2) is 0 Å². The lowest BCUT2D eigenvalue weighted by Gasteiger charge is -2.36. The van der Waals surface area contributed by atoms with Crippen molar-refractivity contribution in [1.29, 1.82) is 0 Å². The number of amides is 3. The molecule has 2 N–H and O–H groups in total. The van der Waals surface area contributed by atoms with Crippen LogP contribution < -0.4 is 10.6 Å². The average molecular weight is 415 g/mol. The molecule has 2 atom stereocenters. The van der Waals surface area contributed by atoms with Gasteiger partial charge in [0.15, 0.2) is 0 Å². The standard InChI is InChI=1S/C23H34N4O3/c1-15(2)24-21(28)14-26(4)19-8-10-27(11-9-19)23(30)17-6-5-7-18(13-17)25-22(29)20-12-16(20)3/h5-7,13,15-16,19-20H,8-12,14H2,1-4H3,(H,24,28)(H,25,29). The van der Waals surface area contributed by atoms with E-state index >= 15 is 0 Å². The maximum absolute atomic E-state index is 12.9. The van der Waals surface area contributed by atoms with E-state index in [1.165, 1.54) is 0 Å². The van der Waals surface area contributed by atoms with E-state index in [9.17, 15) is 14.4 Å². The molecule has 1 aliphatic carbocycles. The molecule has 1 aliphatic heterocycles. The third kappa shape index (κ3) is 5.81. The molecule has 1 aromatic rings. The van der Waals surface area contributed by atoms with Crippen LogP contribution in [0.3, 0.4) is 0 Å². The SMILES string of the molecule is CC(C)NC(=O)CN(C)C1CCN(C(=O)c2cccc(NC(=O)C3CC3C)c2)CC1. The first-order valence-electron chi connectivity index (χ1n) is 10.9. The van der Waals surface area contributed by atoms with Crippen molar-refractivity contribution in [2.24, 2.45) is 11.8 Å². The zero-order valence-electron chi connectivity index (χ0n) is 18.5. The Kier molecular flexibility index (Phi) is 7.13. The number of likely N-dealkylation sites (tertiary alicyclic amines) is 1. The van der Waals surface area contributed by atoms with Gasteiger partial charge in [0.05, 0.1) is 6.54 Å². The average Bonchev–Trinajstić information content (AvgIpc) is 3.44. The molecule has 2 unspecified atom stereocenters. The highest BCUT2D eigenvalue weighted by Gasteiger charge is 2.39. The van der Waals surface area contributed by atoms with Gasteiger partial charge in [-0.2, -0.15) is 0 Å². The Labute approximate surface area is 179 Å². The van der Waals surface area contributed by atoms with Crippen molar-refractivity contribution >= 4 is 23.4 Å². The van der Waals surface area contributed by atoms with Crippen LogP contribution in [0.25, 0.3) is 0 Å². The van der Waals surface area contributed by atoms with Crippen molar-refractivity contribution in [3.63, 3.8) is 0 Å². The molecule has 0 radical (unpaired) electrons. The Hall–Kier alpha value is -2.41. The Morgan fingerprint density at radius 1 is 1.20 bits per heavy atom. The van der Waals surface area contributed by atoms with Crippen LogP contribution in [0.15, 0.2) is 24.3 Å². The summed E-state index contributed by atoms with van der Waals surface area (Å²) in [6.07, 6.45) is 2.62. The summed E-state index contributed by atoms with van der Waals surface area (Å²) in [5, 5.41) is 5.85. The summed E-state index contributed by atoms with van der Waals surface area (Å²) in [6.45, 7) is 7.68. The lowest BCUT2D eigenvalue weighted by Crippen LogP contribution is -2.48. The van der Waals surface area contributed by atoms with Gasteiger partial charge in [0, 0.05) is 42.3 Å². The second-order valence-corrected chi connectivity index (χ2v) is 9.05. The minimum Gasteiger partial charge on any atom is -0.353 e. The van der Waals surface area contributed by atoms with Gasteiger partial charge in [-0.15, -0.1) is 0 Å². The highest BCUT2D eigenvalue weighted by atomic mass is 16.2. The summed E-state index contributed by atoms with van der Waals surface area (Å²) in [5.41, 5.74) is 1.27. The fraction of sp³-hybridized carbons (Fsp3) is 0.609. The topological polar surface area (TPSA) is 81.8 Å². The number of nitrogens with one attached hydrogen (secondary N) is 2. The van der Waals surface area contributed by atoms with Gasteiger partial charge in [-0.3, -0.25) is 19.3 Å². The minimum absolute atomic E-state index is 0.00968. The lowest BCUT2D eigenvalue weighted by molar-refractivity contribution is -0.123. The molecular weight excluding hydrogens is 380 g/mol. The van der Waals surface area contributed by atoms with E-state index in [1.54, 1.807) is 12.1 Å². The number of anilines is 1. The van der Waals surface area contributed by atoms with Gasteiger partial charge in [-0.1, -0.05) is 13.0 Å². The quantitative estimate of drug-likeness (QED) is 0.718. The van der Waals surface area contributed by atoms with Crippen molar-refractivity contribution in [2.45, 2.75) is 52.1 Å². The number of hydrogen-bond donors (Lipinski definition) is 2. The van der Waals surface area contributed by atoms with Crippen molar-refractivity contribution in [3.05, 3.63) is 29.8 Å². The Bertz CT molecular complexity index is 786. The normalized spacial score (nSPS) is 21.6. The molecule has 7 heteroatoms. The highest BCUT2D eigenvalue weighted by Crippen LogP contribution is 2.38. The maximum Gasteiger partial charge on any atom is 0.253 e. The molecule has 0 spiro atoms. The molecule has 3 rings (SSSR count). The fourth-order valence-corrected chi connectivity index (χ4v) is 4.07. The number of carbonyl (C=O) groups excluding carboxylic acids is 3. The number of hydrogen-bond acceptors (Lipinski definition) is 4. The molecule has 1 heterocycles. The van der Waals surface area contributed by atoms with E-state index in [1.807, 2.05) is 37.9 Å². The molecule has 0 aromatic heterocycles. The van der Waals surface area contributed by atoms with Gasteiger partial charge < -0.3 is 15.5 Å². The molecule has 1 saturated carbocycles. The zero-order valence-corrected chi connectivity index (χ0v) is 18.5. The van der Waals surface area contributed by atoms with Gasteiger partial charge in [0.2, 0.25) is 11.8 Å². The molecule has 2 aliphatic rings. The van der Waals surface area contributed by atoms with Gasteiger partial charge in [0.1, 0.15) is 0 Å². The molecule has 3 amide bonds. The number of nitrogens with zero attached hydrogens (tertiary/aromatic N) is 2. The number of benzene rings is 1. The molecule has 1 aromatic carbocycles. The van der Waals surface area contributed by atoms with E-state index in [4.69, 9.17) is 0 Å². The second kappa shape index (κ2) is 9.60. The first-order valence-corrected chi connectivity index (χ1v) is 10.9. The zero-order chi connectivity index (χ0) is 21.8. The predicted octanol–water partition coefficient (Wildman–Crippen LogP) is 2.34. The molecular formula is C23H34N4O3. The van der Waals surface area contributed by atoms with E-state index < -0.39 is 0 Å². The molecule has 164 valence electrons. The molecule has 0 bridgehead atoms. The van der Waals surface area contributed by atoms with Crippen molar-refractivity contribution in [3.8, 4) is 0 Å². The van der Waals surface area contributed by atoms with Gasteiger partial charge in [0.25, 0.3) is 5.91 Å². The first-order chi connectivity index (χ1) is 14.2. The number of carbonyl (C=O) groups is 3. The first kappa shape index (κ1) is 22.3. The van der Waals surface area contributed by atoms with Gasteiger partial charge >= 0.3 is 0 Å². The van der Waals surface area contributed by atoms with Crippen LogP contribution in [0.2, 0.25) is 0 Å². The summed E-state index contributed by atoms with van der Waals surface area (Å²) in [6, 6.07) is 7.63. The smallest absolute Gasteiger partial charge is 0.253 e. The number of piperidine rings is 1. The van der Waals surface area contributed by atoms with Crippen LogP contribution in [0.4, 0.5) is 5.69 Å². The third-order valence-electron chi connectivity index (χ3n) is 6.04. The minimum atomic E-state index is -0.00968. The van der Waals surface area contributed by atoms with Crippen LogP contribution in [0.1, 0.15) is 50.4 Å². The molecule has 2 fully saturated rings. The summed E-state index contributed by atoms with van der Waals surface area (Å²) < 4.78 is 0. The van der Waals surface area contributed by atoms with Crippen LogP contribution >= 0.6 is 0 Å². The van der Waals surface area contributed by atoms with E-state index in [0.29, 0.717) is 36.8 Å². The van der Waals surface area contributed by atoms with E-state index in [2.05, 4.69) is 22.5 Å². The third-order valence-corrected chi connectivity index (χ3v) is 6.04. The van der Waals surface area contributed by atoms with Crippen molar-refractivity contribution < 1.29 is 14.4 Å². The monoisotopic (exact) mass is 414 g/mol. The van der Waals surface area contributed by atoms with Crippen molar-refractivity contribution in [1.82, 2.24) is 15.1 Å². The maximum atomic E-state index is 12.9. The van der Waals surface area contributed by atoms with Crippen LogP contribution in [-0.2, 0) is 9.59 Å². The second-order valence-electron chi connectivity index (χ2n) is 9.05. The Morgan fingerprint density at radius 3 is 2.47 bits per heavy atom. The van der Waals surface area contributed by atoms with Crippen LogP contribution in [-0.4, -0.2) is 66.3 Å². The number of rotatable bonds is 7. The lowest BCUT2D eigenvalue weighted by atomic mass is 10.0. The molecule has 7 nitrogen and oxygen atoms in total. The summed E-state index contributed by atoms with van der Waals surface area (Å²) in [4.78, 5) is 41.0. The summed E-state index contributed by atoms with van der Waals surface area (Å²) in [7, 11) is 1.97. The van der Waals surface area contributed by atoms with Crippen LogP contribution in [0.5, 0.6) is 0 Å². The Morgan fingerprint density at radius 2 is 1.87 bits per heavy atom. The molecule has 30 heavy (non-hydrogen) atoms. The molecule has 1 saturated heterocycles. The van der Waals surface area contributed by atoms with Crippen molar-refractivity contribution in [2.75, 3.05) is 32.0 Å². The fourth-order valence-electron chi connectivity index (χ4n) is 4.07. The Balaban J connectivity index is 1.51. The van der Waals surface area contributed by atoms with E-state index in [0.717, 1.165) is 19.3 Å². The summed E-state index contributed by atoms with van der Waals surface area (Å²) in [5.74, 6) is 0.612. The summed E-state index contributed by atoms with van der Waals surface area (Å²) >= 11 is 0. The van der Waals surface area contributed by atoms with Gasteiger partial charge in [-0.05, 0) is 64.3 Å². The number of likely N-dealkylation sites (N-methyl/N-ethyl adjacent to an activating group) is 1. The van der Waals surface area contributed by atoms with E-state index in [-0.39, 0.29) is 35.7 Å². The predicted molar refractivity (Wildman–Crippen MR) is 117 cm³/mol.